The Labute approximate surface area is 132 Å². The molecule has 2 aromatic rings. The molecule has 0 N–H and O–H groups in total. The number of alkyl halides is 1. The monoisotopic (exact) mass is 325 g/mol. The highest BCUT2D eigenvalue weighted by Gasteiger charge is 2.23. The third kappa shape index (κ3) is 3.71. The number of rotatable bonds is 5. The van der Waals surface area contributed by atoms with Gasteiger partial charge in [-0.3, -0.25) is 4.79 Å². The number of ether oxygens (including phenoxy) is 1. The molecule has 1 unspecified atom stereocenters. The fourth-order valence-electron chi connectivity index (χ4n) is 1.88. The van der Waals surface area contributed by atoms with Gasteiger partial charge in [-0.25, -0.2) is 0 Å². The average Bonchev–Trinajstić information content (AvgIpc) is 2.92. The molecule has 0 aliphatic heterocycles. The first-order valence-electron chi connectivity index (χ1n) is 6.40. The zero-order chi connectivity index (χ0) is 15.4. The molecule has 0 radical (unpaired) electrons. The predicted molar refractivity (Wildman–Crippen MR) is 84.1 cm³/mol. The van der Waals surface area contributed by atoms with Gasteiger partial charge in [-0.1, -0.05) is 29.5 Å². The molecular weight excluding hydrogens is 310 g/mol. The Morgan fingerprint density at radius 2 is 2.14 bits per heavy atom. The largest absolute Gasteiger partial charge is 0.472 e. The number of halogens is 1. The maximum atomic E-state index is 12.4. The maximum Gasteiger partial charge on any atom is 0.293 e. The summed E-state index contributed by atoms with van der Waals surface area (Å²) in [5, 5.41) is 8.47. The van der Waals surface area contributed by atoms with Crippen LogP contribution in [0.25, 0.3) is 0 Å². The van der Waals surface area contributed by atoms with Gasteiger partial charge in [0.15, 0.2) is 0 Å². The van der Waals surface area contributed by atoms with E-state index in [2.05, 4.69) is 10.2 Å². The fourth-order valence-corrected chi connectivity index (χ4v) is 2.64. The molecule has 1 aromatic carbocycles. The minimum Gasteiger partial charge on any atom is -0.472 e. The smallest absolute Gasteiger partial charge is 0.293 e. The second-order valence-corrected chi connectivity index (χ2v) is 6.17. The van der Waals surface area contributed by atoms with E-state index in [4.69, 9.17) is 16.3 Å². The number of amides is 1. The SMILES string of the molecule is COc1nnc(CN(C(=O)C(C)Cl)c2ccccc2C)s1. The number of hydrogen-bond donors (Lipinski definition) is 0. The number of aryl methyl sites for hydroxylation is 1. The molecular formula is C14H16ClN3O2S. The minimum absolute atomic E-state index is 0.167. The molecule has 2 rings (SSSR count). The van der Waals surface area contributed by atoms with Crippen molar-refractivity contribution in [2.45, 2.75) is 25.8 Å². The second kappa shape index (κ2) is 6.87. The van der Waals surface area contributed by atoms with Crippen molar-refractivity contribution in [1.82, 2.24) is 10.2 Å². The second-order valence-electron chi connectivity index (χ2n) is 4.49. The third-order valence-electron chi connectivity index (χ3n) is 2.93. The Hall–Kier alpha value is -1.66. The molecule has 0 fully saturated rings. The Bertz CT molecular complexity index is 630. The quantitative estimate of drug-likeness (QED) is 0.793. The van der Waals surface area contributed by atoms with E-state index in [1.165, 1.54) is 18.4 Å². The van der Waals surface area contributed by atoms with Crippen molar-refractivity contribution in [2.75, 3.05) is 12.0 Å². The van der Waals surface area contributed by atoms with E-state index in [1.54, 1.807) is 11.8 Å². The molecule has 1 atom stereocenters. The maximum absolute atomic E-state index is 12.4. The molecule has 0 bridgehead atoms. The molecule has 21 heavy (non-hydrogen) atoms. The van der Waals surface area contributed by atoms with Crippen molar-refractivity contribution in [3.8, 4) is 5.19 Å². The van der Waals surface area contributed by atoms with Crippen LogP contribution in [0.15, 0.2) is 24.3 Å². The van der Waals surface area contributed by atoms with E-state index in [1.807, 2.05) is 31.2 Å². The van der Waals surface area contributed by atoms with Crippen LogP contribution < -0.4 is 9.64 Å². The van der Waals surface area contributed by atoms with E-state index in [-0.39, 0.29) is 5.91 Å². The Morgan fingerprint density at radius 1 is 1.43 bits per heavy atom. The summed E-state index contributed by atoms with van der Waals surface area (Å²) >= 11 is 7.28. The van der Waals surface area contributed by atoms with Gasteiger partial charge in [0, 0.05) is 5.69 Å². The van der Waals surface area contributed by atoms with Crippen LogP contribution in [0.3, 0.4) is 0 Å². The lowest BCUT2D eigenvalue weighted by Crippen LogP contribution is -2.35. The first kappa shape index (κ1) is 15.7. The zero-order valence-electron chi connectivity index (χ0n) is 12.0. The number of carbonyl (C=O) groups excluding carboxylic acids is 1. The summed E-state index contributed by atoms with van der Waals surface area (Å²) in [6.45, 7) is 3.94. The molecule has 0 saturated heterocycles. The van der Waals surface area contributed by atoms with E-state index >= 15 is 0 Å². The van der Waals surface area contributed by atoms with Crippen molar-refractivity contribution >= 4 is 34.5 Å². The molecule has 5 nitrogen and oxygen atoms in total. The van der Waals surface area contributed by atoms with E-state index in [0.717, 1.165) is 11.3 Å². The summed E-state index contributed by atoms with van der Waals surface area (Å²) in [5.41, 5.74) is 1.82. The highest BCUT2D eigenvalue weighted by molar-refractivity contribution is 7.13. The number of nitrogens with zero attached hydrogens (tertiary/aromatic N) is 3. The van der Waals surface area contributed by atoms with Gasteiger partial charge >= 0.3 is 0 Å². The lowest BCUT2D eigenvalue weighted by atomic mass is 10.1. The van der Waals surface area contributed by atoms with Crippen LogP contribution in [0.1, 0.15) is 17.5 Å². The van der Waals surface area contributed by atoms with E-state index < -0.39 is 5.38 Å². The Kier molecular flexibility index (Phi) is 5.14. The summed E-state index contributed by atoms with van der Waals surface area (Å²) in [7, 11) is 1.54. The molecule has 0 saturated carbocycles. The first-order chi connectivity index (χ1) is 10.0. The van der Waals surface area contributed by atoms with Crippen LogP contribution in [0.4, 0.5) is 5.69 Å². The number of hydrogen-bond acceptors (Lipinski definition) is 5. The standard InChI is InChI=1S/C14H16ClN3O2S/c1-9-6-4-5-7-11(9)18(13(19)10(2)15)8-12-16-17-14(20-3)21-12/h4-7,10H,8H2,1-3H3. The topological polar surface area (TPSA) is 55.3 Å². The van der Waals surface area contributed by atoms with Crippen molar-refractivity contribution in [3.63, 3.8) is 0 Å². The molecule has 0 aliphatic carbocycles. The highest BCUT2D eigenvalue weighted by Crippen LogP contribution is 2.26. The Balaban J connectivity index is 2.33. The predicted octanol–water partition coefficient (Wildman–Crippen LogP) is 3.02. The van der Waals surface area contributed by atoms with Crippen molar-refractivity contribution < 1.29 is 9.53 Å². The van der Waals surface area contributed by atoms with Crippen LogP contribution >= 0.6 is 22.9 Å². The summed E-state index contributed by atoms with van der Waals surface area (Å²) in [6, 6.07) is 7.67. The average molecular weight is 326 g/mol. The molecule has 1 heterocycles. The minimum atomic E-state index is -0.612. The fraction of sp³-hybridized carbons (Fsp3) is 0.357. The first-order valence-corrected chi connectivity index (χ1v) is 7.65. The molecule has 7 heteroatoms. The van der Waals surface area contributed by atoms with Crippen LogP contribution in [-0.4, -0.2) is 28.6 Å². The van der Waals surface area contributed by atoms with E-state index in [0.29, 0.717) is 16.7 Å². The van der Waals surface area contributed by atoms with Crippen LogP contribution in [0.2, 0.25) is 0 Å². The normalized spacial score (nSPS) is 12.0. The third-order valence-corrected chi connectivity index (χ3v) is 3.98. The van der Waals surface area contributed by atoms with Crippen LogP contribution in [0, 0.1) is 6.92 Å². The molecule has 1 aromatic heterocycles. The van der Waals surface area contributed by atoms with Crippen molar-refractivity contribution in [2.24, 2.45) is 0 Å². The molecule has 0 aliphatic rings. The van der Waals surface area contributed by atoms with Gasteiger partial charge in [0.25, 0.3) is 5.19 Å². The van der Waals surface area contributed by atoms with Gasteiger partial charge in [-0.2, -0.15) is 0 Å². The number of anilines is 1. The molecule has 1 amide bonds. The summed E-state index contributed by atoms with van der Waals surface area (Å²) in [5.74, 6) is -0.167. The Morgan fingerprint density at radius 3 is 2.71 bits per heavy atom. The van der Waals surface area contributed by atoms with Crippen LogP contribution in [-0.2, 0) is 11.3 Å². The van der Waals surface area contributed by atoms with Gasteiger partial charge in [-0.15, -0.1) is 21.8 Å². The number of benzene rings is 1. The van der Waals surface area contributed by atoms with E-state index in [9.17, 15) is 4.79 Å². The lowest BCUT2D eigenvalue weighted by Gasteiger charge is -2.24. The van der Waals surface area contributed by atoms with Crippen molar-refractivity contribution in [1.29, 1.82) is 0 Å². The number of para-hydroxylation sites is 1. The number of methoxy groups -OCH3 is 1. The van der Waals surface area contributed by atoms with Gasteiger partial charge < -0.3 is 9.64 Å². The van der Waals surface area contributed by atoms with Crippen molar-refractivity contribution in [3.05, 3.63) is 34.8 Å². The lowest BCUT2D eigenvalue weighted by molar-refractivity contribution is -0.118. The summed E-state index contributed by atoms with van der Waals surface area (Å²) in [6.07, 6.45) is 0. The van der Waals surface area contributed by atoms with Gasteiger partial charge in [0.2, 0.25) is 5.91 Å². The zero-order valence-corrected chi connectivity index (χ0v) is 13.6. The highest BCUT2D eigenvalue weighted by atomic mass is 35.5. The number of carbonyl (C=O) groups is 1. The van der Waals surface area contributed by atoms with Crippen LogP contribution in [0.5, 0.6) is 5.19 Å². The van der Waals surface area contributed by atoms with Gasteiger partial charge in [0.05, 0.1) is 13.7 Å². The summed E-state index contributed by atoms with van der Waals surface area (Å²) in [4.78, 5) is 14.0. The summed E-state index contributed by atoms with van der Waals surface area (Å²) < 4.78 is 5.03. The van der Waals surface area contributed by atoms with Gasteiger partial charge in [0.1, 0.15) is 10.4 Å². The number of aromatic nitrogens is 2. The molecule has 0 spiro atoms. The molecule has 112 valence electrons. The van der Waals surface area contributed by atoms with Gasteiger partial charge in [-0.05, 0) is 25.5 Å².